The second-order valence-corrected chi connectivity index (χ2v) is 9.11. The van der Waals surface area contributed by atoms with E-state index < -0.39 is 0 Å². The minimum Gasteiger partial charge on any atom is -0.349 e. The lowest BCUT2D eigenvalue weighted by molar-refractivity contribution is -0.119. The van der Waals surface area contributed by atoms with Gasteiger partial charge in [-0.15, -0.1) is 10.2 Å². The largest absolute Gasteiger partial charge is 0.349 e. The number of hydrogen-bond acceptors (Lipinski definition) is 5. The van der Waals surface area contributed by atoms with Gasteiger partial charge in [0.25, 0.3) is 0 Å². The molecule has 0 bridgehead atoms. The van der Waals surface area contributed by atoms with Crippen LogP contribution < -0.4 is 5.32 Å². The quantitative estimate of drug-likeness (QED) is 0.418. The highest BCUT2D eigenvalue weighted by molar-refractivity contribution is 7.99. The summed E-state index contributed by atoms with van der Waals surface area (Å²) in [6.07, 6.45) is 6.65. The predicted octanol–water partition coefficient (Wildman–Crippen LogP) is 4.92. The van der Waals surface area contributed by atoms with E-state index in [0.717, 1.165) is 36.1 Å². The second kappa shape index (κ2) is 9.58. The highest BCUT2D eigenvalue weighted by Crippen LogP contribution is 2.31. The number of nitrogens with one attached hydrogen (secondary N) is 1. The van der Waals surface area contributed by atoms with Crippen LogP contribution in [0.25, 0.3) is 17.1 Å². The Morgan fingerprint density at radius 3 is 2.79 bits per heavy atom. The lowest BCUT2D eigenvalue weighted by atomic mass is 9.88. The molecule has 0 aliphatic heterocycles. The van der Waals surface area contributed by atoms with Crippen LogP contribution in [-0.4, -0.2) is 31.4 Å². The maximum atomic E-state index is 12.9. The smallest absolute Gasteiger partial charge is 0.230 e. The van der Waals surface area contributed by atoms with Gasteiger partial charge in [0.1, 0.15) is 0 Å². The normalized spacial score (nSPS) is 15.1. The lowest BCUT2D eigenvalue weighted by Crippen LogP contribution is -2.32. The van der Waals surface area contributed by atoms with Crippen LogP contribution in [0.3, 0.4) is 0 Å². The number of aryl methyl sites for hydroxylation is 2. The number of aromatic nitrogens is 4. The van der Waals surface area contributed by atoms with Crippen LogP contribution in [0.15, 0.2) is 78.2 Å². The van der Waals surface area contributed by atoms with Crippen molar-refractivity contribution in [3.8, 4) is 17.1 Å². The van der Waals surface area contributed by atoms with Crippen LogP contribution >= 0.6 is 11.8 Å². The summed E-state index contributed by atoms with van der Waals surface area (Å²) >= 11 is 1.40. The first-order chi connectivity index (χ1) is 16.2. The van der Waals surface area contributed by atoms with Gasteiger partial charge in [-0.2, -0.15) is 0 Å². The Morgan fingerprint density at radius 2 is 1.94 bits per heavy atom. The number of rotatable bonds is 6. The molecule has 0 radical (unpaired) electrons. The van der Waals surface area contributed by atoms with Crippen LogP contribution in [0.4, 0.5) is 0 Å². The molecule has 0 saturated carbocycles. The molecule has 2 aromatic carbocycles. The third kappa shape index (κ3) is 4.54. The highest BCUT2D eigenvalue weighted by Gasteiger charge is 2.23. The highest BCUT2D eigenvalue weighted by atomic mass is 32.2. The molecular formula is C26H25N5OS. The van der Waals surface area contributed by atoms with Crippen LogP contribution in [0.1, 0.15) is 35.6 Å². The third-order valence-corrected chi connectivity index (χ3v) is 6.88. The van der Waals surface area contributed by atoms with Crippen molar-refractivity contribution < 1.29 is 4.79 Å². The maximum Gasteiger partial charge on any atom is 0.230 e. The van der Waals surface area contributed by atoms with Gasteiger partial charge in [-0.1, -0.05) is 54.2 Å². The summed E-state index contributed by atoms with van der Waals surface area (Å²) < 4.78 is 2.01. The molecule has 2 heterocycles. The topological polar surface area (TPSA) is 72.7 Å². The Labute approximate surface area is 197 Å². The van der Waals surface area contributed by atoms with Crippen molar-refractivity contribution in [2.24, 2.45) is 0 Å². The van der Waals surface area contributed by atoms with Gasteiger partial charge < -0.3 is 5.32 Å². The number of hydrogen-bond donors (Lipinski definition) is 1. The molecule has 1 aliphatic carbocycles. The van der Waals surface area contributed by atoms with Gasteiger partial charge >= 0.3 is 0 Å². The minimum absolute atomic E-state index is 0.00367. The van der Waals surface area contributed by atoms with E-state index >= 15 is 0 Å². The van der Waals surface area contributed by atoms with Crippen molar-refractivity contribution in [3.05, 3.63) is 89.7 Å². The van der Waals surface area contributed by atoms with Gasteiger partial charge in [-0.05, 0) is 61.1 Å². The van der Waals surface area contributed by atoms with Gasteiger partial charge in [0.05, 0.1) is 17.5 Å². The molecule has 0 spiro atoms. The van der Waals surface area contributed by atoms with Crippen LogP contribution in [0.2, 0.25) is 0 Å². The molecule has 5 rings (SSSR count). The molecule has 7 heteroatoms. The van der Waals surface area contributed by atoms with Crippen molar-refractivity contribution in [1.29, 1.82) is 0 Å². The van der Waals surface area contributed by atoms with E-state index in [1.54, 1.807) is 12.4 Å². The van der Waals surface area contributed by atoms with Gasteiger partial charge in [-0.3, -0.25) is 14.3 Å². The average Bonchev–Trinajstić information content (AvgIpc) is 3.27. The molecule has 6 nitrogen and oxygen atoms in total. The molecule has 1 amide bonds. The van der Waals surface area contributed by atoms with E-state index in [1.165, 1.54) is 22.9 Å². The van der Waals surface area contributed by atoms with Crippen molar-refractivity contribution in [2.45, 2.75) is 37.4 Å². The predicted molar refractivity (Wildman–Crippen MR) is 130 cm³/mol. The molecule has 0 unspecified atom stereocenters. The first-order valence-corrected chi connectivity index (χ1v) is 12.1. The summed E-state index contributed by atoms with van der Waals surface area (Å²) in [7, 11) is 0. The van der Waals surface area contributed by atoms with Gasteiger partial charge in [0.15, 0.2) is 11.0 Å². The number of fused-ring (bicyclic) bond motifs is 1. The van der Waals surface area contributed by atoms with Crippen molar-refractivity contribution in [3.63, 3.8) is 0 Å². The number of thioether (sulfide) groups is 1. The molecule has 2 aromatic heterocycles. The Balaban J connectivity index is 1.38. The monoisotopic (exact) mass is 455 g/mol. The van der Waals surface area contributed by atoms with Gasteiger partial charge in [-0.25, -0.2) is 0 Å². The summed E-state index contributed by atoms with van der Waals surface area (Å²) in [6, 6.07) is 20.4. The molecule has 0 fully saturated rings. The summed E-state index contributed by atoms with van der Waals surface area (Å²) in [4.78, 5) is 17.1. The zero-order chi connectivity index (χ0) is 22.6. The van der Waals surface area contributed by atoms with E-state index in [4.69, 9.17) is 0 Å². The Morgan fingerprint density at radius 1 is 1.09 bits per heavy atom. The number of carbonyl (C=O) groups is 1. The number of carbonyl (C=O) groups excluding carboxylic acids is 1. The number of para-hydroxylation sites is 1. The van der Waals surface area contributed by atoms with E-state index in [0.29, 0.717) is 11.0 Å². The van der Waals surface area contributed by atoms with Crippen LogP contribution in [0, 0.1) is 6.92 Å². The molecule has 166 valence electrons. The summed E-state index contributed by atoms with van der Waals surface area (Å²) in [5, 5.41) is 12.8. The molecule has 1 aliphatic rings. The Bertz CT molecular complexity index is 1270. The van der Waals surface area contributed by atoms with Crippen LogP contribution in [0.5, 0.6) is 0 Å². The number of amides is 1. The first kappa shape index (κ1) is 21.4. The van der Waals surface area contributed by atoms with E-state index in [1.807, 2.05) is 41.0 Å². The molecule has 0 saturated heterocycles. The standard InChI is InChI=1S/C26H25N5OS/c1-18-8-2-5-14-23(18)31-25(20-11-7-15-27-16-20)29-30-26(31)33-17-24(32)28-22-13-6-10-19-9-3-4-12-21(19)22/h2-5,7-9,11-12,14-16,22H,6,10,13,17H2,1H3,(H,28,32)/t22-/m0/s1. The van der Waals surface area contributed by atoms with E-state index in [2.05, 4.69) is 51.7 Å². The fraction of sp³-hybridized carbons (Fsp3) is 0.231. The number of benzene rings is 2. The fourth-order valence-electron chi connectivity index (χ4n) is 4.35. The summed E-state index contributed by atoms with van der Waals surface area (Å²) in [5.74, 6) is 0.987. The van der Waals surface area contributed by atoms with Gasteiger partial charge in [0, 0.05) is 18.0 Å². The summed E-state index contributed by atoms with van der Waals surface area (Å²) in [6.45, 7) is 2.06. The van der Waals surface area contributed by atoms with Crippen molar-refractivity contribution in [2.75, 3.05) is 5.75 Å². The van der Waals surface area contributed by atoms with Crippen LogP contribution in [-0.2, 0) is 11.2 Å². The molecule has 1 atom stereocenters. The van der Waals surface area contributed by atoms with E-state index in [-0.39, 0.29) is 17.7 Å². The maximum absolute atomic E-state index is 12.9. The summed E-state index contributed by atoms with van der Waals surface area (Å²) in [5.41, 5.74) is 5.55. The Hall–Kier alpha value is -3.45. The van der Waals surface area contributed by atoms with E-state index in [9.17, 15) is 4.79 Å². The third-order valence-electron chi connectivity index (χ3n) is 5.95. The van der Waals surface area contributed by atoms with Gasteiger partial charge in [0.2, 0.25) is 5.91 Å². The first-order valence-electron chi connectivity index (χ1n) is 11.1. The molecule has 4 aromatic rings. The zero-order valence-corrected chi connectivity index (χ0v) is 19.3. The molecule has 33 heavy (non-hydrogen) atoms. The average molecular weight is 456 g/mol. The molecule has 1 N–H and O–H groups in total. The van der Waals surface area contributed by atoms with Crippen molar-refractivity contribution >= 4 is 17.7 Å². The van der Waals surface area contributed by atoms with Crippen molar-refractivity contribution in [1.82, 2.24) is 25.1 Å². The SMILES string of the molecule is Cc1ccccc1-n1c(SCC(=O)N[C@H]2CCCc3ccccc32)nnc1-c1cccnc1. The number of pyridine rings is 1. The Kier molecular flexibility index (Phi) is 6.21. The zero-order valence-electron chi connectivity index (χ0n) is 18.4. The molecular weight excluding hydrogens is 430 g/mol. The minimum atomic E-state index is 0.00367. The lowest BCUT2D eigenvalue weighted by Gasteiger charge is -2.26. The fourth-order valence-corrected chi connectivity index (χ4v) is 5.10. The number of nitrogens with zero attached hydrogens (tertiary/aromatic N) is 4. The second-order valence-electron chi connectivity index (χ2n) is 8.17.